The number of esters is 1. The first-order chi connectivity index (χ1) is 14.3. The molecular weight excluding hydrogens is 512 g/mol. The molecule has 14 heteroatoms. The lowest BCUT2D eigenvalue weighted by atomic mass is 10.0. The van der Waals surface area contributed by atoms with Crippen molar-refractivity contribution in [3.8, 4) is 0 Å². The smallest absolute Gasteiger partial charge is 0.329 e. The van der Waals surface area contributed by atoms with Gasteiger partial charge in [0.15, 0.2) is 14.7 Å². The molecule has 0 bridgehead atoms. The summed E-state index contributed by atoms with van der Waals surface area (Å²) in [4.78, 5) is 34.5. The summed E-state index contributed by atoms with van der Waals surface area (Å²) in [6, 6.07) is 1.71. The van der Waals surface area contributed by atoms with E-state index in [9.17, 15) is 27.2 Å². The Bertz CT molecular complexity index is 900. The van der Waals surface area contributed by atoms with Crippen molar-refractivity contribution in [2.24, 2.45) is 5.73 Å². The molecule has 182 valence electrons. The van der Waals surface area contributed by atoms with Gasteiger partial charge in [0.25, 0.3) is 5.91 Å². The van der Waals surface area contributed by atoms with Crippen LogP contribution in [0.3, 0.4) is 0 Å². The third-order valence-corrected chi connectivity index (χ3v) is 5.59. The molecule has 0 fully saturated rings. The van der Waals surface area contributed by atoms with E-state index in [1.807, 2.05) is 0 Å². The number of benzene rings is 1. The highest BCUT2D eigenvalue weighted by atomic mass is 35.5. The molecule has 4 N–H and O–H groups in total. The fraction of sp³-hybridized carbons (Fsp3) is 0.500. The first-order valence-corrected chi connectivity index (χ1v) is 11.7. The molecule has 0 aliphatic carbocycles. The molecule has 1 aromatic carbocycles. The summed E-state index contributed by atoms with van der Waals surface area (Å²) in [5.74, 6) is -2.47. The van der Waals surface area contributed by atoms with Crippen molar-refractivity contribution in [1.82, 2.24) is 10.6 Å². The number of carbonyl (C=O) groups excluding carboxylic acids is 3. The summed E-state index contributed by atoms with van der Waals surface area (Å²) in [7, 11) is -3.51. The van der Waals surface area contributed by atoms with E-state index in [1.165, 1.54) is 38.1 Å². The van der Waals surface area contributed by atoms with Crippen LogP contribution in [-0.4, -0.2) is 62.1 Å². The van der Waals surface area contributed by atoms with Crippen LogP contribution in [0.25, 0.3) is 0 Å². The fourth-order valence-electron chi connectivity index (χ4n) is 2.36. The number of nitrogens with one attached hydrogen (secondary N) is 2. The van der Waals surface area contributed by atoms with Gasteiger partial charge in [0.05, 0.1) is 17.0 Å². The lowest BCUT2D eigenvalue weighted by Crippen LogP contribution is -2.48. The van der Waals surface area contributed by atoms with Gasteiger partial charge in [-0.05, 0) is 31.5 Å². The van der Waals surface area contributed by atoms with Crippen LogP contribution in [-0.2, 0) is 29.0 Å². The van der Waals surface area contributed by atoms with Gasteiger partial charge in [-0.1, -0.05) is 35.3 Å². The molecule has 0 aliphatic heterocycles. The Hall–Kier alpha value is -1.66. The maximum Gasteiger partial charge on any atom is 0.329 e. The van der Waals surface area contributed by atoms with E-state index in [2.05, 4.69) is 10.6 Å². The third kappa shape index (κ3) is 9.07. The highest BCUT2D eigenvalue weighted by Crippen LogP contribution is 2.25. The van der Waals surface area contributed by atoms with Crippen LogP contribution >= 0.6 is 35.6 Å². The van der Waals surface area contributed by atoms with Crippen molar-refractivity contribution in [3.05, 3.63) is 29.8 Å². The Balaban J connectivity index is 0.00000961. The second kappa shape index (κ2) is 13.1. The summed E-state index contributed by atoms with van der Waals surface area (Å²) in [5.41, 5.74) is 5.63. The molecule has 0 aliphatic rings. The van der Waals surface area contributed by atoms with E-state index < -0.39 is 63.4 Å². The Morgan fingerprint density at radius 3 is 2.03 bits per heavy atom. The van der Waals surface area contributed by atoms with E-state index >= 15 is 0 Å². The number of sulfone groups is 1. The van der Waals surface area contributed by atoms with E-state index in [0.717, 1.165) is 6.26 Å². The third-order valence-electron chi connectivity index (χ3n) is 4.06. The van der Waals surface area contributed by atoms with Gasteiger partial charge in [0, 0.05) is 6.26 Å². The summed E-state index contributed by atoms with van der Waals surface area (Å²) < 4.78 is 42.5. The Morgan fingerprint density at radius 2 is 1.62 bits per heavy atom. The van der Waals surface area contributed by atoms with Crippen LogP contribution in [0.5, 0.6) is 0 Å². The summed E-state index contributed by atoms with van der Waals surface area (Å²) in [6.07, 6.45) is -0.370. The largest absolute Gasteiger partial charge is 0.454 e. The van der Waals surface area contributed by atoms with Gasteiger partial charge < -0.3 is 21.1 Å². The quantitative estimate of drug-likeness (QED) is 0.301. The predicted molar refractivity (Wildman–Crippen MR) is 120 cm³/mol. The van der Waals surface area contributed by atoms with E-state index in [0.29, 0.717) is 0 Å². The number of carbonyl (C=O) groups is 3. The Kier molecular flexibility index (Phi) is 12.5. The molecule has 0 aromatic heterocycles. The second-order valence-corrected chi connectivity index (χ2v) is 9.90. The summed E-state index contributed by atoms with van der Waals surface area (Å²) in [6.45, 7) is 1.59. The van der Waals surface area contributed by atoms with Crippen LogP contribution in [0.15, 0.2) is 29.2 Å². The summed E-state index contributed by atoms with van der Waals surface area (Å²) >= 11 is 11.0. The van der Waals surface area contributed by atoms with Crippen molar-refractivity contribution in [1.29, 1.82) is 0 Å². The van der Waals surface area contributed by atoms with E-state index in [-0.39, 0.29) is 22.9 Å². The highest BCUT2D eigenvalue weighted by Gasteiger charge is 2.32. The normalized spacial score (nSPS) is 15.0. The molecular formula is C18H25Cl3FN3O6S. The van der Waals surface area contributed by atoms with Gasteiger partial charge >= 0.3 is 5.97 Å². The van der Waals surface area contributed by atoms with Crippen LogP contribution in [0, 0.1) is 0 Å². The fourth-order valence-corrected chi connectivity index (χ4v) is 3.12. The molecule has 9 nitrogen and oxygen atoms in total. The van der Waals surface area contributed by atoms with Gasteiger partial charge in [0.1, 0.15) is 18.8 Å². The van der Waals surface area contributed by atoms with Crippen molar-refractivity contribution in [2.45, 2.75) is 47.8 Å². The SMILES string of the molecule is CC(N)C(=O)NC(C)C(=O)O[C@H](c1ccc(S(C)(=O)=O)cc1)[C@@H](CF)NC(=O)C(Cl)Cl.Cl. The topological polar surface area (TPSA) is 145 Å². The molecule has 0 saturated carbocycles. The molecule has 0 spiro atoms. The maximum atomic E-state index is 13.8. The van der Waals surface area contributed by atoms with Crippen molar-refractivity contribution < 1.29 is 31.9 Å². The van der Waals surface area contributed by atoms with Gasteiger partial charge in [-0.2, -0.15) is 0 Å². The van der Waals surface area contributed by atoms with E-state index in [4.69, 9.17) is 33.7 Å². The molecule has 2 amide bonds. The zero-order chi connectivity index (χ0) is 23.9. The average molecular weight is 537 g/mol. The van der Waals surface area contributed by atoms with Gasteiger partial charge in [-0.15, -0.1) is 12.4 Å². The zero-order valence-electron chi connectivity index (χ0n) is 17.4. The number of nitrogens with two attached hydrogens (primary N) is 1. The predicted octanol–water partition coefficient (Wildman–Crippen LogP) is 1.21. The lowest BCUT2D eigenvalue weighted by Gasteiger charge is -2.28. The molecule has 0 radical (unpaired) electrons. The van der Waals surface area contributed by atoms with Crippen LogP contribution in [0.1, 0.15) is 25.5 Å². The molecule has 2 unspecified atom stereocenters. The number of rotatable bonds is 10. The van der Waals surface area contributed by atoms with Gasteiger partial charge in [-0.3, -0.25) is 9.59 Å². The van der Waals surface area contributed by atoms with Gasteiger partial charge in [-0.25, -0.2) is 17.6 Å². The van der Waals surface area contributed by atoms with Crippen LogP contribution in [0.4, 0.5) is 4.39 Å². The van der Waals surface area contributed by atoms with E-state index in [1.54, 1.807) is 0 Å². The van der Waals surface area contributed by atoms with Crippen molar-refractivity contribution in [2.75, 3.05) is 12.9 Å². The van der Waals surface area contributed by atoms with Crippen molar-refractivity contribution in [3.63, 3.8) is 0 Å². The minimum atomic E-state index is -3.51. The second-order valence-electron chi connectivity index (χ2n) is 6.79. The number of halogens is 4. The Labute approximate surface area is 201 Å². The monoisotopic (exact) mass is 535 g/mol. The Morgan fingerprint density at radius 1 is 1.09 bits per heavy atom. The molecule has 0 heterocycles. The molecule has 1 rings (SSSR count). The number of ether oxygens (including phenoxy) is 1. The highest BCUT2D eigenvalue weighted by molar-refractivity contribution is 7.90. The van der Waals surface area contributed by atoms with Crippen molar-refractivity contribution >= 4 is 63.2 Å². The van der Waals surface area contributed by atoms with Crippen LogP contribution < -0.4 is 16.4 Å². The minimum Gasteiger partial charge on any atom is -0.454 e. The average Bonchev–Trinajstić information content (AvgIpc) is 2.69. The first-order valence-electron chi connectivity index (χ1n) is 8.98. The lowest BCUT2D eigenvalue weighted by molar-refractivity contribution is -0.155. The molecule has 4 atom stereocenters. The number of amides is 2. The van der Waals surface area contributed by atoms with Gasteiger partial charge in [0.2, 0.25) is 5.91 Å². The molecule has 1 aromatic rings. The van der Waals surface area contributed by atoms with Crippen LogP contribution in [0.2, 0.25) is 0 Å². The first kappa shape index (κ1) is 30.3. The zero-order valence-corrected chi connectivity index (χ0v) is 20.5. The standard InChI is InChI=1S/C18H24Cl2FN3O6S.ClH/c1-9(22)16(25)23-10(2)18(27)30-14(13(8-21)24-17(26)15(19)20)11-4-6-12(7-5-11)31(3,28)29;/h4-7,9-10,13-15H,8,22H2,1-3H3,(H,23,25)(H,24,26);1H/t9?,10?,13-,14-;/m1./s1. The summed E-state index contributed by atoms with van der Waals surface area (Å²) in [5, 5.41) is 4.57. The maximum absolute atomic E-state index is 13.8. The number of alkyl halides is 3. The molecule has 32 heavy (non-hydrogen) atoms. The number of hydrogen-bond donors (Lipinski definition) is 3. The minimum absolute atomic E-state index is 0. The number of hydrogen-bond acceptors (Lipinski definition) is 7. The molecule has 0 saturated heterocycles.